The van der Waals surface area contributed by atoms with Crippen molar-refractivity contribution in [1.29, 1.82) is 0 Å². The van der Waals surface area contributed by atoms with Gasteiger partial charge in [0.05, 0.1) is 10.5 Å². The number of nitro groups is 1. The van der Waals surface area contributed by atoms with Crippen molar-refractivity contribution in [3.8, 4) is 0 Å². The van der Waals surface area contributed by atoms with Crippen molar-refractivity contribution in [3.63, 3.8) is 0 Å². The zero-order chi connectivity index (χ0) is 14.6. The molecule has 7 heteroatoms. The molecule has 1 heterocycles. The van der Waals surface area contributed by atoms with Gasteiger partial charge in [-0.2, -0.15) is 0 Å². The highest BCUT2D eigenvalue weighted by Crippen LogP contribution is 2.18. The third-order valence-electron chi connectivity index (χ3n) is 2.69. The van der Waals surface area contributed by atoms with Crippen molar-refractivity contribution >= 4 is 17.4 Å². The number of nitrogens with two attached hydrogens (primary N) is 1. The minimum absolute atomic E-state index is 0.0181. The van der Waals surface area contributed by atoms with Gasteiger partial charge in [-0.05, 0) is 20.3 Å². The number of nitrogen functional groups attached to an aromatic ring is 1. The monoisotopic (exact) mass is 266 g/mol. The molecule has 0 unspecified atom stereocenters. The van der Waals surface area contributed by atoms with E-state index in [4.69, 9.17) is 5.73 Å². The predicted molar refractivity (Wildman–Crippen MR) is 71.8 cm³/mol. The van der Waals surface area contributed by atoms with Gasteiger partial charge in [0.1, 0.15) is 12.0 Å². The van der Waals surface area contributed by atoms with E-state index in [1.165, 1.54) is 0 Å². The standard InChI is InChI=1S/C12H18N4O3/c1-4-5-12(2,3)15-11(17)9-6-8(16(18)19)7-14-10(9)13/h6-7H,4-5H2,1-3H3,(H2,13,14)(H,15,17). The highest BCUT2D eigenvalue weighted by Gasteiger charge is 2.23. The zero-order valence-corrected chi connectivity index (χ0v) is 11.3. The second-order valence-electron chi connectivity index (χ2n) is 4.97. The van der Waals surface area contributed by atoms with Crippen LogP contribution in [0.2, 0.25) is 0 Å². The van der Waals surface area contributed by atoms with Crippen molar-refractivity contribution in [1.82, 2.24) is 10.3 Å². The molecule has 7 nitrogen and oxygen atoms in total. The molecule has 19 heavy (non-hydrogen) atoms. The average molecular weight is 266 g/mol. The molecule has 1 aromatic heterocycles. The van der Waals surface area contributed by atoms with Crippen LogP contribution in [0.5, 0.6) is 0 Å². The van der Waals surface area contributed by atoms with Crippen LogP contribution in [0.4, 0.5) is 11.5 Å². The molecule has 0 atom stereocenters. The van der Waals surface area contributed by atoms with Crippen LogP contribution in [0.15, 0.2) is 12.3 Å². The van der Waals surface area contributed by atoms with Gasteiger partial charge in [0.25, 0.3) is 11.6 Å². The third kappa shape index (κ3) is 3.90. The number of nitrogens with one attached hydrogen (secondary N) is 1. The Bertz CT molecular complexity index is 500. The van der Waals surface area contributed by atoms with Crippen LogP contribution in [0.3, 0.4) is 0 Å². The molecule has 0 fully saturated rings. The van der Waals surface area contributed by atoms with Gasteiger partial charge in [0, 0.05) is 11.6 Å². The van der Waals surface area contributed by atoms with Gasteiger partial charge in [0.2, 0.25) is 0 Å². The van der Waals surface area contributed by atoms with E-state index < -0.39 is 16.4 Å². The average Bonchev–Trinajstić information content (AvgIpc) is 2.28. The molecular formula is C12H18N4O3. The number of anilines is 1. The summed E-state index contributed by atoms with van der Waals surface area (Å²) < 4.78 is 0. The highest BCUT2D eigenvalue weighted by atomic mass is 16.6. The summed E-state index contributed by atoms with van der Waals surface area (Å²) >= 11 is 0. The SMILES string of the molecule is CCCC(C)(C)NC(=O)c1cc([N+](=O)[O-])cnc1N. The molecule has 0 aromatic carbocycles. The Hall–Kier alpha value is -2.18. The number of hydrogen-bond acceptors (Lipinski definition) is 5. The van der Waals surface area contributed by atoms with E-state index in [1.807, 2.05) is 20.8 Å². The molecule has 1 rings (SSSR count). The topological polar surface area (TPSA) is 111 Å². The second-order valence-corrected chi connectivity index (χ2v) is 4.97. The molecule has 0 bridgehead atoms. The predicted octanol–water partition coefficient (Wildman–Crippen LogP) is 1.88. The molecule has 0 aliphatic heterocycles. The van der Waals surface area contributed by atoms with Crippen molar-refractivity contribution in [2.45, 2.75) is 39.2 Å². The maximum Gasteiger partial charge on any atom is 0.288 e. The summed E-state index contributed by atoms with van der Waals surface area (Å²) in [5.41, 5.74) is 4.96. The molecule has 0 saturated carbocycles. The largest absolute Gasteiger partial charge is 0.383 e. The summed E-state index contributed by atoms with van der Waals surface area (Å²) in [5.74, 6) is -0.470. The van der Waals surface area contributed by atoms with Gasteiger partial charge in [-0.25, -0.2) is 4.98 Å². The summed E-state index contributed by atoms with van der Waals surface area (Å²) in [6.45, 7) is 5.78. The Kier molecular flexibility index (Phi) is 4.42. The normalized spacial score (nSPS) is 11.1. The molecule has 0 radical (unpaired) electrons. The van der Waals surface area contributed by atoms with Gasteiger partial charge in [-0.1, -0.05) is 13.3 Å². The molecule has 0 aliphatic rings. The Labute approximate surface area is 111 Å². The summed E-state index contributed by atoms with van der Waals surface area (Å²) in [7, 11) is 0. The minimum atomic E-state index is -0.611. The van der Waals surface area contributed by atoms with Crippen LogP contribution in [-0.4, -0.2) is 21.4 Å². The zero-order valence-electron chi connectivity index (χ0n) is 11.3. The van der Waals surface area contributed by atoms with Crippen LogP contribution < -0.4 is 11.1 Å². The molecule has 3 N–H and O–H groups in total. The Morgan fingerprint density at radius 2 is 2.21 bits per heavy atom. The van der Waals surface area contributed by atoms with Crippen molar-refractivity contribution in [2.75, 3.05) is 5.73 Å². The van der Waals surface area contributed by atoms with Crippen LogP contribution in [0.1, 0.15) is 44.0 Å². The van der Waals surface area contributed by atoms with E-state index in [2.05, 4.69) is 10.3 Å². The number of nitrogens with zero attached hydrogens (tertiary/aromatic N) is 2. The molecule has 0 aliphatic carbocycles. The van der Waals surface area contributed by atoms with Crippen LogP contribution in [-0.2, 0) is 0 Å². The number of aromatic nitrogens is 1. The lowest BCUT2D eigenvalue weighted by Crippen LogP contribution is -2.43. The lowest BCUT2D eigenvalue weighted by molar-refractivity contribution is -0.385. The van der Waals surface area contributed by atoms with Gasteiger partial charge < -0.3 is 11.1 Å². The molecule has 1 amide bonds. The lowest BCUT2D eigenvalue weighted by atomic mass is 9.98. The van der Waals surface area contributed by atoms with E-state index in [-0.39, 0.29) is 17.1 Å². The van der Waals surface area contributed by atoms with Crippen LogP contribution in [0, 0.1) is 10.1 Å². The quantitative estimate of drug-likeness (QED) is 0.624. The van der Waals surface area contributed by atoms with Gasteiger partial charge in [-0.3, -0.25) is 14.9 Å². The first-order chi connectivity index (χ1) is 8.76. The first-order valence-corrected chi connectivity index (χ1v) is 5.99. The first-order valence-electron chi connectivity index (χ1n) is 5.99. The summed E-state index contributed by atoms with van der Waals surface area (Å²) in [4.78, 5) is 25.8. The number of carbonyl (C=O) groups is 1. The summed E-state index contributed by atoms with van der Waals surface area (Å²) in [5, 5.41) is 13.5. The molecule has 0 spiro atoms. The molecular weight excluding hydrogens is 248 g/mol. The number of rotatable bonds is 5. The number of hydrogen-bond donors (Lipinski definition) is 2. The number of pyridine rings is 1. The minimum Gasteiger partial charge on any atom is -0.383 e. The van der Waals surface area contributed by atoms with Crippen LogP contribution >= 0.6 is 0 Å². The summed E-state index contributed by atoms with van der Waals surface area (Å²) in [6.07, 6.45) is 2.74. The van der Waals surface area contributed by atoms with E-state index in [1.54, 1.807) is 0 Å². The van der Waals surface area contributed by atoms with E-state index in [0.717, 1.165) is 25.1 Å². The van der Waals surface area contributed by atoms with Crippen molar-refractivity contribution < 1.29 is 9.72 Å². The Morgan fingerprint density at radius 3 is 2.74 bits per heavy atom. The Balaban J connectivity index is 2.99. The van der Waals surface area contributed by atoms with E-state index in [9.17, 15) is 14.9 Å². The van der Waals surface area contributed by atoms with Gasteiger partial charge >= 0.3 is 0 Å². The maximum atomic E-state index is 12.1. The van der Waals surface area contributed by atoms with Crippen LogP contribution in [0.25, 0.3) is 0 Å². The molecule has 104 valence electrons. The molecule has 1 aromatic rings. The highest BCUT2D eigenvalue weighted by molar-refractivity contribution is 5.99. The van der Waals surface area contributed by atoms with Crippen molar-refractivity contribution in [2.24, 2.45) is 0 Å². The fraction of sp³-hybridized carbons (Fsp3) is 0.500. The van der Waals surface area contributed by atoms with Gasteiger partial charge in [0.15, 0.2) is 0 Å². The smallest absolute Gasteiger partial charge is 0.288 e. The van der Waals surface area contributed by atoms with Crippen molar-refractivity contribution in [3.05, 3.63) is 27.9 Å². The fourth-order valence-electron chi connectivity index (χ4n) is 1.81. The van der Waals surface area contributed by atoms with Gasteiger partial charge in [-0.15, -0.1) is 0 Å². The molecule has 0 saturated heterocycles. The number of amides is 1. The first kappa shape index (κ1) is 14.9. The Morgan fingerprint density at radius 1 is 1.58 bits per heavy atom. The van der Waals surface area contributed by atoms with E-state index in [0.29, 0.717) is 0 Å². The second kappa shape index (κ2) is 5.64. The third-order valence-corrected chi connectivity index (χ3v) is 2.69. The number of carbonyl (C=O) groups excluding carboxylic acids is 1. The lowest BCUT2D eigenvalue weighted by Gasteiger charge is -2.25. The fourth-order valence-corrected chi connectivity index (χ4v) is 1.81. The summed E-state index contributed by atoms with van der Waals surface area (Å²) in [6, 6.07) is 1.14. The maximum absolute atomic E-state index is 12.1. The van der Waals surface area contributed by atoms with E-state index >= 15 is 0 Å².